The molecule has 2 fully saturated rings. The van der Waals surface area contributed by atoms with E-state index in [1.54, 1.807) is 0 Å². The molecule has 20 heavy (non-hydrogen) atoms. The van der Waals surface area contributed by atoms with E-state index in [4.69, 9.17) is 4.74 Å². The zero-order valence-electron chi connectivity index (χ0n) is 13.1. The van der Waals surface area contributed by atoms with Crippen molar-refractivity contribution in [2.24, 2.45) is 5.92 Å². The van der Waals surface area contributed by atoms with Crippen LogP contribution in [0.2, 0.25) is 0 Å². The first-order valence-electron chi connectivity index (χ1n) is 8.31. The molecule has 2 aliphatic rings. The molecule has 0 aromatic heterocycles. The minimum absolute atomic E-state index is 0.102. The Hall–Kier alpha value is 0.230. The first-order chi connectivity index (χ1) is 9.69. The van der Waals surface area contributed by atoms with Gasteiger partial charge in [0.2, 0.25) is 0 Å². The van der Waals surface area contributed by atoms with Crippen LogP contribution in [0.1, 0.15) is 46.0 Å². The summed E-state index contributed by atoms with van der Waals surface area (Å²) in [5.41, 5.74) is 0.102. The molecule has 2 atom stereocenters. The van der Waals surface area contributed by atoms with E-state index in [9.17, 15) is 5.11 Å². The Morgan fingerprint density at radius 2 is 2.00 bits per heavy atom. The van der Waals surface area contributed by atoms with Crippen LogP contribution in [0.5, 0.6) is 0 Å². The first kappa shape index (κ1) is 16.6. The summed E-state index contributed by atoms with van der Waals surface area (Å²) in [5.74, 6) is 2.90. The van der Waals surface area contributed by atoms with Crippen LogP contribution in [0.15, 0.2) is 0 Å². The van der Waals surface area contributed by atoms with Gasteiger partial charge in [-0.25, -0.2) is 0 Å². The van der Waals surface area contributed by atoms with E-state index in [2.05, 4.69) is 18.7 Å². The Balaban J connectivity index is 1.81. The summed E-state index contributed by atoms with van der Waals surface area (Å²) in [6.07, 6.45) is 5.23. The molecule has 4 heteroatoms. The molecular formula is C16H31NO2S. The average molecular weight is 301 g/mol. The fourth-order valence-electron chi connectivity index (χ4n) is 3.58. The van der Waals surface area contributed by atoms with Crippen LogP contribution < -0.4 is 0 Å². The van der Waals surface area contributed by atoms with Gasteiger partial charge in [-0.05, 0) is 62.6 Å². The van der Waals surface area contributed by atoms with E-state index in [1.807, 2.05) is 11.8 Å². The topological polar surface area (TPSA) is 32.7 Å². The van der Waals surface area contributed by atoms with Gasteiger partial charge >= 0.3 is 0 Å². The van der Waals surface area contributed by atoms with Gasteiger partial charge in [-0.3, -0.25) is 0 Å². The fourth-order valence-corrected chi connectivity index (χ4v) is 4.81. The van der Waals surface area contributed by atoms with Crippen LogP contribution in [0.4, 0.5) is 0 Å². The highest BCUT2D eigenvalue weighted by Gasteiger charge is 2.40. The molecule has 2 heterocycles. The Kier molecular flexibility index (Phi) is 6.66. The van der Waals surface area contributed by atoms with E-state index in [0.29, 0.717) is 5.92 Å². The van der Waals surface area contributed by atoms with Gasteiger partial charge in [0.15, 0.2) is 0 Å². The molecule has 1 spiro atoms. The van der Waals surface area contributed by atoms with E-state index in [1.165, 1.54) is 24.3 Å². The third-order valence-corrected chi connectivity index (χ3v) is 6.10. The van der Waals surface area contributed by atoms with Crippen molar-refractivity contribution in [3.05, 3.63) is 0 Å². The highest BCUT2D eigenvalue weighted by molar-refractivity contribution is 7.99. The summed E-state index contributed by atoms with van der Waals surface area (Å²) in [6, 6.07) is 0. The van der Waals surface area contributed by atoms with Crippen LogP contribution in [0.25, 0.3) is 0 Å². The molecule has 0 radical (unpaired) electrons. The molecule has 0 aliphatic carbocycles. The van der Waals surface area contributed by atoms with E-state index >= 15 is 0 Å². The number of hydrogen-bond donors (Lipinski definition) is 1. The first-order valence-corrected chi connectivity index (χ1v) is 9.46. The van der Waals surface area contributed by atoms with Crippen molar-refractivity contribution in [3.8, 4) is 0 Å². The highest BCUT2D eigenvalue weighted by Crippen LogP contribution is 2.41. The van der Waals surface area contributed by atoms with E-state index in [0.717, 1.165) is 45.5 Å². The molecule has 0 amide bonds. The van der Waals surface area contributed by atoms with Crippen molar-refractivity contribution < 1.29 is 9.84 Å². The molecule has 0 aromatic carbocycles. The molecular weight excluding hydrogens is 270 g/mol. The van der Waals surface area contributed by atoms with Crippen LogP contribution in [0.3, 0.4) is 0 Å². The third kappa shape index (κ3) is 4.36. The number of nitrogens with zero attached hydrogens (tertiary/aromatic N) is 1. The molecule has 0 saturated carbocycles. The van der Waals surface area contributed by atoms with Crippen LogP contribution in [-0.2, 0) is 4.74 Å². The molecule has 118 valence electrons. The van der Waals surface area contributed by atoms with Crippen LogP contribution in [0, 0.1) is 5.92 Å². The lowest BCUT2D eigenvalue weighted by atomic mass is 9.79. The van der Waals surface area contributed by atoms with Crippen molar-refractivity contribution in [1.82, 2.24) is 4.90 Å². The number of rotatable bonds is 6. The SMILES string of the molecule is CCN(CC)CCC(O)C1CCOC2(CCSCC2)C1. The Bertz CT molecular complexity index is 272. The van der Waals surface area contributed by atoms with Gasteiger partial charge in [0.25, 0.3) is 0 Å². The zero-order chi connectivity index (χ0) is 14.4. The standard InChI is InChI=1S/C16H31NO2S/c1-3-17(4-2)9-5-15(18)14-6-10-19-16(13-14)7-11-20-12-8-16/h14-15,18H,3-13H2,1-2H3. The number of thioether (sulfide) groups is 1. The molecule has 3 nitrogen and oxygen atoms in total. The summed E-state index contributed by atoms with van der Waals surface area (Å²) in [7, 11) is 0. The van der Waals surface area contributed by atoms with Crippen molar-refractivity contribution in [3.63, 3.8) is 0 Å². The van der Waals surface area contributed by atoms with Crippen molar-refractivity contribution in [2.75, 3.05) is 37.7 Å². The number of ether oxygens (including phenoxy) is 1. The Morgan fingerprint density at radius 1 is 1.30 bits per heavy atom. The minimum atomic E-state index is -0.147. The second-order valence-electron chi connectivity index (χ2n) is 6.28. The highest BCUT2D eigenvalue weighted by atomic mass is 32.2. The predicted octanol–water partition coefficient (Wildman–Crippen LogP) is 2.77. The van der Waals surface area contributed by atoms with Gasteiger partial charge in [-0.2, -0.15) is 11.8 Å². The maximum Gasteiger partial charge on any atom is 0.0701 e. The maximum absolute atomic E-state index is 10.5. The predicted molar refractivity (Wildman–Crippen MR) is 86.4 cm³/mol. The van der Waals surface area contributed by atoms with Gasteiger partial charge in [0.1, 0.15) is 0 Å². The largest absolute Gasteiger partial charge is 0.393 e. The van der Waals surface area contributed by atoms with Gasteiger partial charge in [-0.1, -0.05) is 13.8 Å². The summed E-state index contributed by atoms with van der Waals surface area (Å²) in [4.78, 5) is 2.40. The molecule has 2 unspecified atom stereocenters. The van der Waals surface area contributed by atoms with Crippen molar-refractivity contribution in [2.45, 2.75) is 57.7 Å². The summed E-state index contributed by atoms with van der Waals surface area (Å²) in [6.45, 7) is 8.42. The molecule has 1 N–H and O–H groups in total. The van der Waals surface area contributed by atoms with Crippen molar-refractivity contribution >= 4 is 11.8 Å². The molecule has 0 bridgehead atoms. The zero-order valence-corrected chi connectivity index (χ0v) is 14.0. The molecule has 2 rings (SSSR count). The molecule has 0 aromatic rings. The number of aliphatic hydroxyl groups is 1. The van der Waals surface area contributed by atoms with E-state index < -0.39 is 0 Å². The monoisotopic (exact) mass is 301 g/mol. The van der Waals surface area contributed by atoms with Gasteiger partial charge in [-0.15, -0.1) is 0 Å². The molecule has 2 aliphatic heterocycles. The van der Waals surface area contributed by atoms with E-state index in [-0.39, 0.29) is 11.7 Å². The Labute approximate surface area is 128 Å². The smallest absolute Gasteiger partial charge is 0.0701 e. The lowest BCUT2D eigenvalue weighted by Crippen LogP contribution is -2.45. The van der Waals surface area contributed by atoms with Gasteiger partial charge in [0, 0.05) is 13.2 Å². The van der Waals surface area contributed by atoms with Gasteiger partial charge in [0.05, 0.1) is 11.7 Å². The fraction of sp³-hybridized carbons (Fsp3) is 1.00. The van der Waals surface area contributed by atoms with Crippen LogP contribution >= 0.6 is 11.8 Å². The maximum atomic E-state index is 10.5. The lowest BCUT2D eigenvalue weighted by Gasteiger charge is -2.44. The molecule has 2 saturated heterocycles. The van der Waals surface area contributed by atoms with Crippen LogP contribution in [-0.4, -0.2) is 59.5 Å². The lowest BCUT2D eigenvalue weighted by molar-refractivity contribution is -0.121. The quantitative estimate of drug-likeness (QED) is 0.818. The summed E-state index contributed by atoms with van der Waals surface area (Å²) >= 11 is 2.04. The third-order valence-electron chi connectivity index (χ3n) is 5.11. The summed E-state index contributed by atoms with van der Waals surface area (Å²) < 4.78 is 6.12. The normalized spacial score (nSPS) is 27.9. The number of aliphatic hydroxyl groups excluding tert-OH is 1. The van der Waals surface area contributed by atoms with Gasteiger partial charge < -0.3 is 14.7 Å². The van der Waals surface area contributed by atoms with Crippen molar-refractivity contribution in [1.29, 1.82) is 0 Å². The second-order valence-corrected chi connectivity index (χ2v) is 7.50. The number of hydrogen-bond acceptors (Lipinski definition) is 4. The minimum Gasteiger partial charge on any atom is -0.393 e. The average Bonchev–Trinajstić information content (AvgIpc) is 2.49. The summed E-state index contributed by atoms with van der Waals surface area (Å²) in [5, 5.41) is 10.5. The second kappa shape index (κ2) is 8.02. The Morgan fingerprint density at radius 3 is 2.65 bits per heavy atom.